The number of anilines is 2. The molecule has 109 heavy (non-hydrogen) atoms. The first-order chi connectivity index (χ1) is 51.7. The molecule has 35 nitrogen and oxygen atoms in total. The molecule has 0 saturated heterocycles. The van der Waals surface area contributed by atoms with Gasteiger partial charge in [0, 0.05) is 18.4 Å². The normalized spacial score (nSPS) is 14.3. The first-order valence-corrected chi connectivity index (χ1v) is 34.5. The predicted molar refractivity (Wildman–Crippen MR) is 387 cm³/mol. The zero-order valence-electron chi connectivity index (χ0n) is 60.0. The number of carbonyl (C=O) groups excluding carboxylic acids is 10. The summed E-state index contributed by atoms with van der Waals surface area (Å²) in [5.41, 5.74) is 0.794. The van der Waals surface area contributed by atoms with E-state index in [-0.39, 0.29) is 63.2 Å². The topological polar surface area (TPSA) is 548 Å². The van der Waals surface area contributed by atoms with E-state index in [1.165, 1.54) is 60.7 Å². The molecule has 0 spiro atoms. The third-order valence-corrected chi connectivity index (χ3v) is 17.4. The number of aliphatic hydroxyl groups is 2. The Hall–Kier alpha value is -12.7. The summed E-state index contributed by atoms with van der Waals surface area (Å²) in [5, 5.41) is 95.2. The summed E-state index contributed by atoms with van der Waals surface area (Å²) in [5.74, 6) is -18.1. The van der Waals surface area contributed by atoms with Crippen LogP contribution in [-0.4, -0.2) is 186 Å². The van der Waals surface area contributed by atoms with Gasteiger partial charge in [0.2, 0.25) is 47.3 Å². The number of ether oxygens (including phenoxy) is 2. The second kappa shape index (κ2) is 40.7. The Morgan fingerprint density at radius 3 is 1.10 bits per heavy atom. The fraction of sp³-hybridized carbons (Fsp3) is 0.378. The van der Waals surface area contributed by atoms with Crippen LogP contribution >= 0.6 is 0 Å². The minimum Gasteiger partial charge on any atom is -0.481 e. The van der Waals surface area contributed by atoms with Crippen molar-refractivity contribution >= 4 is 123 Å². The van der Waals surface area contributed by atoms with Gasteiger partial charge in [-0.05, 0) is 85.5 Å². The SMILES string of the molecule is CC[C@H](C)[C@H](NC(=O)OCc1ccccc1)C(=O)N[C@@H](CCC(=O)O)C(=O)N[C@H](C(=O)N[C@@H](CC(=O)O)C(=O)Nc1ccc2c(-c3ccccc3C(=O)O)c3ccc(NC(=O)[C@H](CC(=O)O)NC(=O)[C@@H](NC(=O)[C@H](CCC(=O)O)NC(=O)[C@@H](NC(=O)OCc4ccccc4)[C@@H](C)CC)[C@@H](C)O)cc3[o+]c2c1)[C@@H](C)O. The number of carboxylic acids is 5. The lowest BCUT2D eigenvalue weighted by Crippen LogP contribution is -2.61. The van der Waals surface area contributed by atoms with Gasteiger partial charge in [-0.3, -0.25) is 57.5 Å². The Morgan fingerprint density at radius 2 is 0.752 bits per heavy atom. The van der Waals surface area contributed by atoms with Crippen LogP contribution in [0.3, 0.4) is 0 Å². The lowest BCUT2D eigenvalue weighted by atomic mass is 9.93. The van der Waals surface area contributed by atoms with Gasteiger partial charge in [-0.25, -0.2) is 18.8 Å². The van der Waals surface area contributed by atoms with Gasteiger partial charge in [-0.15, -0.1) is 0 Å². The maximum absolute atomic E-state index is 14.2. The molecule has 12 atom stereocenters. The molecule has 1 heterocycles. The number of amides is 10. The predicted octanol–water partition coefficient (Wildman–Crippen LogP) is 4.14. The molecule has 6 aromatic rings. The van der Waals surface area contributed by atoms with Crippen molar-refractivity contribution in [3.8, 4) is 11.1 Å². The Bertz CT molecular complexity index is 4090. The van der Waals surface area contributed by atoms with Crippen LogP contribution in [0.4, 0.5) is 21.0 Å². The maximum Gasteiger partial charge on any atom is 0.408 e. The first kappa shape index (κ1) is 85.3. The highest BCUT2D eigenvalue weighted by molar-refractivity contribution is 6.14. The summed E-state index contributed by atoms with van der Waals surface area (Å²) in [6.45, 7) is 8.39. The van der Waals surface area contributed by atoms with Gasteiger partial charge in [0.1, 0.15) is 61.5 Å². The molecule has 6 rings (SSSR count). The van der Waals surface area contributed by atoms with Crippen LogP contribution in [0, 0.1) is 11.8 Å². The Morgan fingerprint density at radius 1 is 0.394 bits per heavy atom. The molecule has 0 unspecified atom stereocenters. The molecule has 0 aliphatic heterocycles. The molecule has 5 aromatic carbocycles. The van der Waals surface area contributed by atoms with Crippen LogP contribution < -0.4 is 53.2 Å². The van der Waals surface area contributed by atoms with Gasteiger partial charge in [0.25, 0.3) is 0 Å². The Kier molecular flexibility index (Phi) is 31.9. The molecule has 582 valence electrons. The van der Waals surface area contributed by atoms with Crippen LogP contribution in [0.1, 0.15) is 114 Å². The second-order valence-corrected chi connectivity index (χ2v) is 25.6. The average Bonchev–Trinajstić information content (AvgIpc) is 0.747. The van der Waals surface area contributed by atoms with E-state index in [2.05, 4.69) is 53.2 Å². The van der Waals surface area contributed by atoms with Crippen molar-refractivity contribution in [2.75, 3.05) is 10.6 Å². The van der Waals surface area contributed by atoms with Crippen molar-refractivity contribution in [3.63, 3.8) is 0 Å². The number of benzene rings is 5. The van der Waals surface area contributed by atoms with Crippen molar-refractivity contribution in [2.45, 2.75) is 167 Å². The molecular formula is C74H87N10O25+. The summed E-state index contributed by atoms with van der Waals surface area (Å²) in [6.07, 6.45) is -9.84. The van der Waals surface area contributed by atoms with E-state index in [0.29, 0.717) is 24.0 Å². The largest absolute Gasteiger partial charge is 0.481 e. The molecule has 10 amide bonds. The summed E-state index contributed by atoms with van der Waals surface area (Å²) in [6, 6.07) is 16.5. The zero-order valence-corrected chi connectivity index (χ0v) is 60.0. The average molecular weight is 1520 g/mol. The minimum atomic E-state index is -2.01. The summed E-state index contributed by atoms with van der Waals surface area (Å²) >= 11 is 0. The van der Waals surface area contributed by atoms with Gasteiger partial charge in [-0.2, -0.15) is 0 Å². The lowest BCUT2D eigenvalue weighted by molar-refractivity contribution is -0.141. The van der Waals surface area contributed by atoms with E-state index in [0.717, 1.165) is 13.8 Å². The van der Waals surface area contributed by atoms with Gasteiger partial charge in [0.05, 0.1) is 64.9 Å². The van der Waals surface area contributed by atoms with Gasteiger partial charge < -0.3 is 98.4 Å². The molecule has 0 bridgehead atoms. The van der Waals surface area contributed by atoms with E-state index < -0.39 is 200 Å². The third-order valence-electron chi connectivity index (χ3n) is 17.4. The monoisotopic (exact) mass is 1520 g/mol. The number of alkyl carbamates (subject to hydrolysis) is 2. The summed E-state index contributed by atoms with van der Waals surface area (Å²) in [7, 11) is 0. The van der Waals surface area contributed by atoms with Crippen molar-refractivity contribution in [2.24, 2.45) is 11.8 Å². The van der Waals surface area contributed by atoms with Gasteiger partial charge in [0.15, 0.2) is 0 Å². The summed E-state index contributed by atoms with van der Waals surface area (Å²) < 4.78 is 16.9. The van der Waals surface area contributed by atoms with E-state index in [1.54, 1.807) is 88.4 Å². The number of nitrogens with one attached hydrogen (secondary N) is 10. The molecule has 0 fully saturated rings. The number of hydrogen-bond donors (Lipinski definition) is 17. The van der Waals surface area contributed by atoms with Gasteiger partial charge >= 0.3 is 53.2 Å². The Labute approximate surface area is 622 Å². The van der Waals surface area contributed by atoms with Crippen LogP contribution in [0.25, 0.3) is 33.1 Å². The number of aliphatic carboxylic acids is 4. The van der Waals surface area contributed by atoms with Crippen molar-refractivity contribution < 1.29 is 122 Å². The number of aliphatic hydroxyl groups excluding tert-OH is 2. The maximum atomic E-state index is 14.2. The van der Waals surface area contributed by atoms with Gasteiger partial charge in [-0.1, -0.05) is 119 Å². The van der Waals surface area contributed by atoms with Crippen LogP contribution in [0.5, 0.6) is 0 Å². The fourth-order valence-corrected chi connectivity index (χ4v) is 11.1. The summed E-state index contributed by atoms with van der Waals surface area (Å²) in [4.78, 5) is 199. The first-order valence-electron chi connectivity index (χ1n) is 34.5. The molecule has 0 aliphatic rings. The number of aromatic carboxylic acids is 1. The van der Waals surface area contributed by atoms with Crippen LogP contribution in [0.15, 0.2) is 126 Å². The second-order valence-electron chi connectivity index (χ2n) is 25.6. The molecule has 0 radical (unpaired) electrons. The van der Waals surface area contributed by atoms with E-state index in [4.69, 9.17) is 13.9 Å². The molecule has 35 heteroatoms. The smallest absolute Gasteiger partial charge is 0.408 e. The van der Waals surface area contributed by atoms with Crippen molar-refractivity contribution in [1.29, 1.82) is 0 Å². The van der Waals surface area contributed by atoms with E-state index in [1.807, 2.05) is 0 Å². The van der Waals surface area contributed by atoms with Crippen molar-refractivity contribution in [1.82, 2.24) is 42.5 Å². The zero-order chi connectivity index (χ0) is 80.3. The molecule has 17 N–H and O–H groups in total. The number of rotatable bonds is 40. The molecule has 0 aliphatic carbocycles. The number of fused-ring (bicyclic) bond motifs is 2. The van der Waals surface area contributed by atoms with Crippen molar-refractivity contribution in [3.05, 3.63) is 138 Å². The molecular weight excluding hydrogens is 1430 g/mol. The number of hydrogen-bond acceptors (Lipinski definition) is 19. The van der Waals surface area contributed by atoms with Crippen LogP contribution in [0.2, 0.25) is 0 Å². The van der Waals surface area contributed by atoms with Crippen LogP contribution in [-0.2, 0) is 80.2 Å². The minimum absolute atomic E-state index is 0.113. The molecule has 1 aromatic heterocycles. The fourth-order valence-electron chi connectivity index (χ4n) is 11.1. The highest BCUT2D eigenvalue weighted by Crippen LogP contribution is 2.40. The van der Waals surface area contributed by atoms with E-state index in [9.17, 15) is 108 Å². The quantitative estimate of drug-likeness (QED) is 0.0190. The standard InChI is InChI=1S/C74H86N10O25/c1-7-37(3)60(83-73(105)107-35-41-17-11-9-12-18-41)68(99)77-49(27-29-55(87)88)64(95)81-62(39(5)85)70(101)79-51(33-57(91)92)66(97)75-43-23-25-47-53(31-43)109-54-32-44(24-26-48(54)59(47)45-21-15-16-22-46(45)72(103)104)76-67(98)52(34-58(93)94)80-71(102)63(40(6)86)82-65(96)50(28-30-56(89)90)78-69(100)61(38(4)8-2)84-74(106)108-36-42-19-13-10-14-20-42/h9-26,31-32,37-40,49-52,60-63,85-86H,7-8,27-30,33-36H2,1-6H3,(H14-,75,76,77,78,79,80,81,82,83,84,87,88,89,90,91,92,93,94,95,96,97,98,99,100,101,102,103,104,105,106)/p+1/t37-,38-,39+,40+,49-,50-,51-,52-,60-,61-,62-,63-/m0/s1. The number of carboxylic acid groups (broad SMARTS) is 5. The lowest BCUT2D eigenvalue weighted by Gasteiger charge is -2.28. The highest BCUT2D eigenvalue weighted by atomic mass is 16.6. The highest BCUT2D eigenvalue weighted by Gasteiger charge is 2.39. The third kappa shape index (κ3) is 25.5. The molecule has 0 saturated carbocycles. The Balaban J connectivity index is 1.24. The number of carbonyl (C=O) groups is 15. The van der Waals surface area contributed by atoms with E-state index >= 15 is 0 Å².